The maximum absolute atomic E-state index is 3.54. The summed E-state index contributed by atoms with van der Waals surface area (Å²) < 4.78 is 0. The highest BCUT2D eigenvalue weighted by molar-refractivity contribution is 5.45. The molecule has 0 aromatic heterocycles. The summed E-state index contributed by atoms with van der Waals surface area (Å²) in [5.41, 5.74) is 2.75. The Morgan fingerprint density at radius 3 is 2.16 bits per heavy atom. The van der Waals surface area contributed by atoms with Gasteiger partial charge in [-0.15, -0.1) is 0 Å². The molecule has 0 aliphatic rings. The molecule has 0 spiro atoms. The van der Waals surface area contributed by atoms with Crippen molar-refractivity contribution in [3.05, 3.63) is 29.8 Å². The van der Waals surface area contributed by atoms with Gasteiger partial charge in [-0.05, 0) is 45.4 Å². The summed E-state index contributed by atoms with van der Waals surface area (Å²) in [5.74, 6) is 0. The minimum absolute atomic E-state index is 0.184. The smallest absolute Gasteiger partial charge is 0.0361 e. The van der Waals surface area contributed by atoms with E-state index >= 15 is 0 Å². The van der Waals surface area contributed by atoms with E-state index in [0.29, 0.717) is 6.04 Å². The lowest BCUT2D eigenvalue weighted by molar-refractivity contribution is 0.387. The minimum Gasteiger partial charge on any atom is -0.378 e. The second kappa shape index (κ2) is 6.92. The van der Waals surface area contributed by atoms with Gasteiger partial charge in [-0.2, -0.15) is 0 Å². The Bertz CT molecular complexity index is 363. The quantitative estimate of drug-likeness (QED) is 0.826. The Labute approximate surface area is 118 Å². The molecule has 0 heterocycles. The lowest BCUT2D eigenvalue weighted by Crippen LogP contribution is -2.44. The second-order valence-electron chi connectivity index (χ2n) is 6.47. The molecular formula is C16H29N3. The van der Waals surface area contributed by atoms with Gasteiger partial charge in [-0.3, -0.25) is 0 Å². The molecule has 0 saturated heterocycles. The molecular weight excluding hydrogens is 234 g/mol. The molecule has 0 bridgehead atoms. The largest absolute Gasteiger partial charge is 0.378 e. The molecule has 1 aromatic rings. The van der Waals surface area contributed by atoms with Crippen molar-refractivity contribution in [2.24, 2.45) is 0 Å². The molecule has 3 nitrogen and oxygen atoms in total. The van der Waals surface area contributed by atoms with Crippen molar-refractivity contribution in [1.82, 2.24) is 10.6 Å². The van der Waals surface area contributed by atoms with Crippen LogP contribution in [0.2, 0.25) is 0 Å². The molecule has 108 valence electrons. The highest BCUT2D eigenvalue weighted by atomic mass is 15.1. The third-order valence-electron chi connectivity index (χ3n) is 3.05. The van der Waals surface area contributed by atoms with Crippen molar-refractivity contribution in [2.75, 3.05) is 25.5 Å². The third kappa shape index (κ3) is 6.60. The Morgan fingerprint density at radius 2 is 1.68 bits per heavy atom. The van der Waals surface area contributed by atoms with E-state index in [-0.39, 0.29) is 5.54 Å². The van der Waals surface area contributed by atoms with E-state index in [1.54, 1.807) is 0 Å². The Kier molecular flexibility index (Phi) is 5.83. The molecule has 1 rings (SSSR count). The highest BCUT2D eigenvalue weighted by Gasteiger charge is 2.10. The van der Waals surface area contributed by atoms with Crippen LogP contribution in [0.15, 0.2) is 24.3 Å². The maximum atomic E-state index is 3.54. The van der Waals surface area contributed by atoms with E-state index in [2.05, 4.69) is 81.6 Å². The summed E-state index contributed by atoms with van der Waals surface area (Å²) in [6.07, 6.45) is 0. The number of nitrogens with zero attached hydrogens (tertiary/aromatic N) is 1. The molecule has 0 radical (unpaired) electrons. The van der Waals surface area contributed by atoms with Crippen LogP contribution in [0.3, 0.4) is 0 Å². The van der Waals surface area contributed by atoms with Crippen LogP contribution in [-0.4, -0.2) is 32.2 Å². The number of nitrogens with one attached hydrogen (secondary N) is 2. The van der Waals surface area contributed by atoms with Crippen molar-refractivity contribution in [3.63, 3.8) is 0 Å². The monoisotopic (exact) mass is 263 g/mol. The van der Waals surface area contributed by atoms with Crippen LogP contribution in [0.5, 0.6) is 0 Å². The molecule has 1 unspecified atom stereocenters. The summed E-state index contributed by atoms with van der Waals surface area (Å²) >= 11 is 0. The van der Waals surface area contributed by atoms with Gasteiger partial charge >= 0.3 is 0 Å². The Balaban J connectivity index is 2.35. The van der Waals surface area contributed by atoms with Gasteiger partial charge in [0.15, 0.2) is 0 Å². The number of hydrogen-bond acceptors (Lipinski definition) is 3. The first kappa shape index (κ1) is 16.0. The van der Waals surface area contributed by atoms with Gasteiger partial charge in [0, 0.05) is 44.5 Å². The van der Waals surface area contributed by atoms with Crippen molar-refractivity contribution in [1.29, 1.82) is 0 Å². The molecule has 1 atom stereocenters. The van der Waals surface area contributed by atoms with Crippen molar-refractivity contribution < 1.29 is 0 Å². The van der Waals surface area contributed by atoms with Gasteiger partial charge in [0.25, 0.3) is 0 Å². The molecule has 1 aromatic carbocycles. The van der Waals surface area contributed by atoms with E-state index in [9.17, 15) is 0 Å². The molecule has 0 aliphatic carbocycles. The van der Waals surface area contributed by atoms with E-state index in [4.69, 9.17) is 0 Å². The van der Waals surface area contributed by atoms with Crippen molar-refractivity contribution >= 4 is 5.69 Å². The van der Waals surface area contributed by atoms with Gasteiger partial charge in [-0.1, -0.05) is 12.1 Å². The van der Waals surface area contributed by atoms with Crippen LogP contribution < -0.4 is 15.5 Å². The zero-order valence-corrected chi connectivity index (χ0v) is 13.2. The lowest BCUT2D eigenvalue weighted by atomic mass is 10.1. The van der Waals surface area contributed by atoms with Crippen LogP contribution in [-0.2, 0) is 6.54 Å². The van der Waals surface area contributed by atoms with Gasteiger partial charge in [0.2, 0.25) is 0 Å². The standard InChI is InChI=1S/C16H29N3/c1-13(11-18-16(2,3)4)17-12-14-7-9-15(10-8-14)19(5)6/h7-10,13,17-18H,11-12H2,1-6H3. The minimum atomic E-state index is 0.184. The van der Waals surface area contributed by atoms with Crippen LogP contribution in [0.25, 0.3) is 0 Å². The van der Waals surface area contributed by atoms with Gasteiger partial charge in [0.05, 0.1) is 0 Å². The van der Waals surface area contributed by atoms with E-state index in [1.165, 1.54) is 11.3 Å². The molecule has 0 fully saturated rings. The Morgan fingerprint density at radius 1 is 1.11 bits per heavy atom. The second-order valence-corrected chi connectivity index (χ2v) is 6.47. The average Bonchev–Trinajstić information content (AvgIpc) is 2.33. The molecule has 0 amide bonds. The maximum Gasteiger partial charge on any atom is 0.0361 e. The summed E-state index contributed by atoms with van der Waals surface area (Å²) in [4.78, 5) is 2.12. The first-order valence-electron chi connectivity index (χ1n) is 7.02. The number of hydrogen-bond donors (Lipinski definition) is 2. The van der Waals surface area contributed by atoms with Crippen LogP contribution in [0.4, 0.5) is 5.69 Å². The number of benzene rings is 1. The van der Waals surface area contributed by atoms with E-state index < -0.39 is 0 Å². The molecule has 19 heavy (non-hydrogen) atoms. The summed E-state index contributed by atoms with van der Waals surface area (Å²) in [6, 6.07) is 9.16. The first-order chi connectivity index (χ1) is 8.78. The molecule has 0 saturated carbocycles. The van der Waals surface area contributed by atoms with Crippen LogP contribution in [0, 0.1) is 0 Å². The molecule has 2 N–H and O–H groups in total. The van der Waals surface area contributed by atoms with Gasteiger partial charge in [0.1, 0.15) is 0 Å². The highest BCUT2D eigenvalue weighted by Crippen LogP contribution is 2.12. The SMILES string of the molecule is CC(CNC(C)(C)C)NCc1ccc(N(C)C)cc1. The van der Waals surface area contributed by atoms with E-state index in [1.807, 2.05) is 0 Å². The summed E-state index contributed by atoms with van der Waals surface area (Å²) in [6.45, 7) is 10.7. The van der Waals surface area contributed by atoms with Crippen LogP contribution in [0.1, 0.15) is 33.3 Å². The van der Waals surface area contributed by atoms with Gasteiger partial charge in [-0.25, -0.2) is 0 Å². The first-order valence-corrected chi connectivity index (χ1v) is 7.02. The van der Waals surface area contributed by atoms with Gasteiger partial charge < -0.3 is 15.5 Å². The fourth-order valence-electron chi connectivity index (χ4n) is 1.74. The predicted octanol–water partition coefficient (Wildman–Crippen LogP) is 2.62. The Hall–Kier alpha value is -1.06. The lowest BCUT2D eigenvalue weighted by Gasteiger charge is -2.24. The normalized spacial score (nSPS) is 13.4. The topological polar surface area (TPSA) is 27.3 Å². The summed E-state index contributed by atoms with van der Waals surface area (Å²) in [5, 5.41) is 7.06. The van der Waals surface area contributed by atoms with E-state index in [0.717, 1.165) is 13.1 Å². The zero-order valence-electron chi connectivity index (χ0n) is 13.2. The predicted molar refractivity (Wildman–Crippen MR) is 84.8 cm³/mol. The number of anilines is 1. The van der Waals surface area contributed by atoms with Crippen molar-refractivity contribution in [2.45, 2.75) is 45.8 Å². The molecule has 0 aliphatic heterocycles. The zero-order chi connectivity index (χ0) is 14.5. The van der Waals surface area contributed by atoms with Crippen LogP contribution >= 0.6 is 0 Å². The molecule has 3 heteroatoms. The third-order valence-corrected chi connectivity index (χ3v) is 3.05. The number of rotatable bonds is 6. The fourth-order valence-corrected chi connectivity index (χ4v) is 1.74. The summed E-state index contributed by atoms with van der Waals surface area (Å²) in [7, 11) is 4.13. The van der Waals surface area contributed by atoms with Crippen molar-refractivity contribution in [3.8, 4) is 0 Å². The fraction of sp³-hybridized carbons (Fsp3) is 0.625. The average molecular weight is 263 g/mol.